The number of amides is 1. The topological polar surface area (TPSA) is 91.8 Å². The van der Waals surface area contributed by atoms with Crippen molar-refractivity contribution in [2.24, 2.45) is 0 Å². The van der Waals surface area contributed by atoms with Crippen LogP contribution in [-0.2, 0) is 5.54 Å². The van der Waals surface area contributed by atoms with Gasteiger partial charge < -0.3 is 9.84 Å². The zero-order chi connectivity index (χ0) is 16.3. The summed E-state index contributed by atoms with van der Waals surface area (Å²) < 4.78 is 5.11. The van der Waals surface area contributed by atoms with E-state index in [4.69, 9.17) is 9.78 Å². The zero-order valence-electron chi connectivity index (χ0n) is 13.0. The van der Waals surface area contributed by atoms with Crippen LogP contribution in [0, 0.1) is 18.3 Å². The molecule has 1 N–H and O–H groups in total. The van der Waals surface area contributed by atoms with Crippen LogP contribution in [0.5, 0.6) is 0 Å². The Bertz CT molecular complexity index is 754. The number of aryl methyl sites for hydroxylation is 1. The lowest BCUT2D eigenvalue weighted by Gasteiger charge is -2.35. The molecule has 2 aromatic rings. The van der Waals surface area contributed by atoms with Gasteiger partial charge >= 0.3 is 0 Å². The van der Waals surface area contributed by atoms with Gasteiger partial charge in [0.2, 0.25) is 5.89 Å². The van der Waals surface area contributed by atoms with Crippen LogP contribution in [0.4, 0.5) is 0 Å². The van der Waals surface area contributed by atoms with E-state index < -0.39 is 5.54 Å². The van der Waals surface area contributed by atoms with Crippen molar-refractivity contribution in [3.8, 4) is 6.07 Å². The van der Waals surface area contributed by atoms with Crippen molar-refractivity contribution in [1.82, 2.24) is 15.5 Å². The summed E-state index contributed by atoms with van der Waals surface area (Å²) in [5.74, 6) is 0.816. The maximum atomic E-state index is 12.7. The SMILES string of the molecule is Cc1nc(C2(NC(=O)c3cccc(C#N)c3)CCCCC2)no1. The van der Waals surface area contributed by atoms with Crippen molar-refractivity contribution in [2.75, 3.05) is 0 Å². The van der Waals surface area contributed by atoms with Gasteiger partial charge in [-0.25, -0.2) is 0 Å². The first kappa shape index (κ1) is 15.2. The van der Waals surface area contributed by atoms with E-state index in [-0.39, 0.29) is 5.91 Å². The highest BCUT2D eigenvalue weighted by Gasteiger charge is 2.39. The summed E-state index contributed by atoms with van der Waals surface area (Å²) in [6.07, 6.45) is 4.72. The first-order valence-corrected chi connectivity index (χ1v) is 7.76. The number of benzene rings is 1. The third kappa shape index (κ3) is 3.09. The van der Waals surface area contributed by atoms with Gasteiger partial charge in [0.25, 0.3) is 5.91 Å². The van der Waals surface area contributed by atoms with Gasteiger partial charge in [0.15, 0.2) is 5.82 Å². The van der Waals surface area contributed by atoms with Crippen molar-refractivity contribution in [3.63, 3.8) is 0 Å². The van der Waals surface area contributed by atoms with Crippen LogP contribution in [0.2, 0.25) is 0 Å². The third-order valence-electron chi connectivity index (χ3n) is 4.27. The van der Waals surface area contributed by atoms with E-state index in [9.17, 15) is 4.79 Å². The van der Waals surface area contributed by atoms with Crippen LogP contribution < -0.4 is 5.32 Å². The number of nitrogens with one attached hydrogen (secondary N) is 1. The Hall–Kier alpha value is -2.68. The van der Waals surface area contributed by atoms with E-state index in [1.54, 1.807) is 31.2 Å². The lowest BCUT2D eigenvalue weighted by Crippen LogP contribution is -2.48. The first-order valence-electron chi connectivity index (χ1n) is 7.76. The lowest BCUT2D eigenvalue weighted by atomic mass is 9.80. The van der Waals surface area contributed by atoms with Crippen molar-refractivity contribution < 1.29 is 9.32 Å². The average molecular weight is 310 g/mol. The lowest BCUT2D eigenvalue weighted by molar-refractivity contribution is 0.0855. The second-order valence-electron chi connectivity index (χ2n) is 5.93. The number of rotatable bonds is 3. The van der Waals surface area contributed by atoms with Crippen molar-refractivity contribution in [1.29, 1.82) is 5.26 Å². The minimum Gasteiger partial charge on any atom is -0.340 e. The van der Waals surface area contributed by atoms with Crippen LogP contribution in [0.3, 0.4) is 0 Å². The zero-order valence-corrected chi connectivity index (χ0v) is 13.0. The molecule has 1 aliphatic rings. The van der Waals surface area contributed by atoms with E-state index >= 15 is 0 Å². The summed E-state index contributed by atoms with van der Waals surface area (Å²) in [6, 6.07) is 8.73. The maximum absolute atomic E-state index is 12.7. The number of nitriles is 1. The minimum absolute atomic E-state index is 0.216. The fourth-order valence-electron chi connectivity index (χ4n) is 3.07. The van der Waals surface area contributed by atoms with Crippen LogP contribution >= 0.6 is 0 Å². The quantitative estimate of drug-likeness (QED) is 0.941. The average Bonchev–Trinajstić information content (AvgIpc) is 3.03. The van der Waals surface area contributed by atoms with E-state index in [1.807, 2.05) is 0 Å². The molecule has 1 aromatic carbocycles. The molecule has 118 valence electrons. The van der Waals surface area contributed by atoms with Crippen LogP contribution in [-0.4, -0.2) is 16.0 Å². The smallest absolute Gasteiger partial charge is 0.252 e. The highest BCUT2D eigenvalue weighted by atomic mass is 16.5. The summed E-state index contributed by atoms with van der Waals surface area (Å²) in [4.78, 5) is 17.0. The Kier molecular flexibility index (Phi) is 4.11. The molecule has 1 aromatic heterocycles. The molecule has 6 heteroatoms. The second kappa shape index (κ2) is 6.21. The van der Waals surface area contributed by atoms with Crippen LogP contribution in [0.25, 0.3) is 0 Å². The van der Waals surface area contributed by atoms with Gasteiger partial charge in [-0.3, -0.25) is 4.79 Å². The minimum atomic E-state index is -0.588. The number of hydrogen-bond acceptors (Lipinski definition) is 5. The Morgan fingerprint density at radius 2 is 2.13 bits per heavy atom. The molecular weight excluding hydrogens is 292 g/mol. The molecule has 23 heavy (non-hydrogen) atoms. The highest BCUT2D eigenvalue weighted by molar-refractivity contribution is 5.95. The molecule has 1 heterocycles. The maximum Gasteiger partial charge on any atom is 0.252 e. The van der Waals surface area contributed by atoms with Gasteiger partial charge in [-0.2, -0.15) is 10.2 Å². The standard InChI is InChI=1S/C17H18N4O2/c1-12-19-16(21-23-12)17(8-3-2-4-9-17)20-15(22)14-7-5-6-13(10-14)11-18/h5-7,10H,2-4,8-9H2,1H3,(H,20,22). The number of hydrogen-bond donors (Lipinski definition) is 1. The normalized spacial score (nSPS) is 16.5. The molecule has 1 aliphatic carbocycles. The largest absolute Gasteiger partial charge is 0.340 e. The summed E-state index contributed by atoms with van der Waals surface area (Å²) in [7, 11) is 0. The summed E-state index contributed by atoms with van der Waals surface area (Å²) >= 11 is 0. The second-order valence-corrected chi connectivity index (χ2v) is 5.93. The summed E-state index contributed by atoms with van der Waals surface area (Å²) in [5, 5.41) is 16.1. The molecule has 0 spiro atoms. The van der Waals surface area contributed by atoms with Gasteiger partial charge in [0.1, 0.15) is 5.54 Å². The van der Waals surface area contributed by atoms with Gasteiger partial charge in [0, 0.05) is 12.5 Å². The molecule has 1 amide bonds. The number of carbonyl (C=O) groups is 1. The molecule has 0 radical (unpaired) electrons. The molecule has 1 fully saturated rings. The van der Waals surface area contributed by atoms with Crippen molar-refractivity contribution in [2.45, 2.75) is 44.6 Å². The number of aromatic nitrogens is 2. The molecule has 3 rings (SSSR count). The molecule has 0 atom stereocenters. The summed E-state index contributed by atoms with van der Waals surface area (Å²) in [6.45, 7) is 1.74. The van der Waals surface area contributed by atoms with Crippen molar-refractivity contribution in [3.05, 3.63) is 47.1 Å². The van der Waals surface area contributed by atoms with Gasteiger partial charge in [-0.1, -0.05) is 30.5 Å². The Morgan fingerprint density at radius 3 is 2.78 bits per heavy atom. The van der Waals surface area contributed by atoms with Gasteiger partial charge in [-0.05, 0) is 31.0 Å². The number of nitrogens with zero attached hydrogens (tertiary/aromatic N) is 3. The van der Waals surface area contributed by atoms with Crippen LogP contribution in [0.1, 0.15) is 59.7 Å². The Labute approximate surface area is 134 Å². The molecule has 1 saturated carbocycles. The molecule has 0 unspecified atom stereocenters. The molecular formula is C17H18N4O2. The predicted molar refractivity (Wildman–Crippen MR) is 82.4 cm³/mol. The van der Waals surface area contributed by atoms with Gasteiger partial charge in [-0.15, -0.1) is 0 Å². The highest BCUT2D eigenvalue weighted by Crippen LogP contribution is 2.36. The van der Waals surface area contributed by atoms with E-state index in [2.05, 4.69) is 21.5 Å². The monoisotopic (exact) mass is 310 g/mol. The molecule has 0 bridgehead atoms. The van der Waals surface area contributed by atoms with E-state index in [1.165, 1.54) is 0 Å². The third-order valence-corrected chi connectivity index (χ3v) is 4.27. The van der Waals surface area contributed by atoms with E-state index in [0.717, 1.165) is 32.1 Å². The Morgan fingerprint density at radius 1 is 1.35 bits per heavy atom. The fraction of sp³-hybridized carbons (Fsp3) is 0.412. The van der Waals surface area contributed by atoms with Crippen molar-refractivity contribution >= 4 is 5.91 Å². The van der Waals surface area contributed by atoms with E-state index in [0.29, 0.717) is 22.8 Å². The number of carbonyl (C=O) groups excluding carboxylic acids is 1. The van der Waals surface area contributed by atoms with Gasteiger partial charge in [0.05, 0.1) is 11.6 Å². The molecule has 0 aliphatic heterocycles. The fourth-order valence-corrected chi connectivity index (χ4v) is 3.07. The summed E-state index contributed by atoms with van der Waals surface area (Å²) in [5.41, 5.74) is 0.343. The molecule has 6 nitrogen and oxygen atoms in total. The predicted octanol–water partition coefficient (Wildman–Crippen LogP) is 2.84. The molecule has 0 saturated heterocycles. The first-order chi connectivity index (χ1) is 11.1. The Balaban J connectivity index is 1.89. The van der Waals surface area contributed by atoms with Crippen LogP contribution in [0.15, 0.2) is 28.8 Å².